The molecule has 0 saturated carbocycles. The third-order valence-corrected chi connectivity index (χ3v) is 6.03. The van der Waals surface area contributed by atoms with Gasteiger partial charge in [-0.05, 0) is 18.9 Å². The molecule has 1 aromatic rings. The van der Waals surface area contributed by atoms with Crippen LogP contribution in [0.5, 0.6) is 0 Å². The Morgan fingerprint density at radius 1 is 1.33 bits per heavy atom. The molecule has 2 rings (SSSR count). The zero-order chi connectivity index (χ0) is 18.2. The van der Waals surface area contributed by atoms with Crippen LogP contribution in [0.25, 0.3) is 0 Å². The third kappa shape index (κ3) is 3.13. The van der Waals surface area contributed by atoms with Gasteiger partial charge >= 0.3 is 0 Å². The van der Waals surface area contributed by atoms with Crippen molar-refractivity contribution in [2.75, 3.05) is 13.1 Å². The molecule has 0 N–H and O–H groups in total. The minimum Gasteiger partial charge on any atom is -0.325 e. The number of amides is 1. The summed E-state index contributed by atoms with van der Waals surface area (Å²) in [5.41, 5.74) is 0.158. The van der Waals surface area contributed by atoms with Crippen molar-refractivity contribution in [2.24, 2.45) is 5.92 Å². The van der Waals surface area contributed by atoms with E-state index in [1.807, 2.05) is 13.8 Å². The van der Waals surface area contributed by atoms with Crippen LogP contribution < -0.4 is 0 Å². The van der Waals surface area contributed by atoms with Gasteiger partial charge in [0.25, 0.3) is 5.69 Å². The zero-order valence-corrected chi connectivity index (χ0v) is 14.9. The highest BCUT2D eigenvalue weighted by Crippen LogP contribution is 2.30. The van der Waals surface area contributed by atoms with Gasteiger partial charge < -0.3 is 4.90 Å². The summed E-state index contributed by atoms with van der Waals surface area (Å²) in [4.78, 5) is 23.6. The summed E-state index contributed by atoms with van der Waals surface area (Å²) < 4.78 is 27.2. The van der Waals surface area contributed by atoms with E-state index in [2.05, 4.69) is 0 Å². The summed E-state index contributed by atoms with van der Waals surface area (Å²) in [7, 11) is -3.94. The first-order chi connectivity index (χ1) is 11.1. The minimum atomic E-state index is -3.94. The molecular formula is C15H21N3O5S. The monoisotopic (exact) mass is 355 g/mol. The van der Waals surface area contributed by atoms with E-state index in [9.17, 15) is 23.3 Å². The molecule has 1 aliphatic heterocycles. The zero-order valence-electron chi connectivity index (χ0n) is 14.1. The van der Waals surface area contributed by atoms with E-state index in [4.69, 9.17) is 0 Å². The standard InChI is InChI=1S/C15H21N3O5S/c1-10(2)15-16(12(4)19)7-8-17(15)24(22,23)13-6-5-11(3)14(9-13)18(20)21/h5-6,9-10,15H,7-8H2,1-4H3/t15-/m1/s1. The van der Waals surface area contributed by atoms with Crippen LogP contribution in [0.1, 0.15) is 26.3 Å². The van der Waals surface area contributed by atoms with Crippen LogP contribution >= 0.6 is 0 Å². The summed E-state index contributed by atoms with van der Waals surface area (Å²) in [6.07, 6.45) is -0.590. The van der Waals surface area contributed by atoms with Gasteiger partial charge in [-0.3, -0.25) is 14.9 Å². The van der Waals surface area contributed by atoms with Crippen LogP contribution in [0.2, 0.25) is 0 Å². The molecule has 1 aliphatic rings. The largest absolute Gasteiger partial charge is 0.325 e. The minimum absolute atomic E-state index is 0.105. The Balaban J connectivity index is 2.49. The molecule has 1 amide bonds. The fraction of sp³-hybridized carbons (Fsp3) is 0.533. The number of nitro groups is 1. The quantitative estimate of drug-likeness (QED) is 0.605. The molecule has 24 heavy (non-hydrogen) atoms. The SMILES string of the molecule is CC(=O)N1CCN(S(=O)(=O)c2ccc(C)c([N+](=O)[O-])c2)[C@@H]1C(C)C. The number of hydrogen-bond acceptors (Lipinski definition) is 5. The van der Waals surface area contributed by atoms with Crippen LogP contribution in [0.15, 0.2) is 23.1 Å². The van der Waals surface area contributed by atoms with Gasteiger partial charge in [0.1, 0.15) is 6.17 Å². The fourth-order valence-electron chi connectivity index (χ4n) is 3.01. The molecule has 0 unspecified atom stereocenters. The second-order valence-corrected chi connectivity index (χ2v) is 8.08. The second kappa shape index (κ2) is 6.48. The molecule has 0 radical (unpaired) electrons. The van der Waals surface area contributed by atoms with Crippen molar-refractivity contribution in [3.05, 3.63) is 33.9 Å². The highest BCUT2D eigenvalue weighted by molar-refractivity contribution is 7.89. The van der Waals surface area contributed by atoms with Gasteiger partial charge in [-0.15, -0.1) is 0 Å². The van der Waals surface area contributed by atoms with Crippen LogP contribution in [0.4, 0.5) is 5.69 Å². The molecule has 9 heteroatoms. The number of rotatable bonds is 4. The van der Waals surface area contributed by atoms with E-state index >= 15 is 0 Å². The maximum atomic E-state index is 13.0. The highest BCUT2D eigenvalue weighted by Gasteiger charge is 2.43. The van der Waals surface area contributed by atoms with Gasteiger partial charge in [-0.1, -0.05) is 19.9 Å². The first-order valence-electron chi connectivity index (χ1n) is 7.61. The predicted molar refractivity (Wildman–Crippen MR) is 87.7 cm³/mol. The molecule has 8 nitrogen and oxygen atoms in total. The van der Waals surface area contributed by atoms with Gasteiger partial charge in [0, 0.05) is 31.6 Å². The topological polar surface area (TPSA) is 101 Å². The summed E-state index contributed by atoms with van der Waals surface area (Å²) in [6, 6.07) is 3.87. The molecule has 1 fully saturated rings. The fourth-order valence-corrected chi connectivity index (χ4v) is 4.74. The maximum absolute atomic E-state index is 13.0. The molecular weight excluding hydrogens is 334 g/mol. The van der Waals surface area contributed by atoms with E-state index in [1.165, 1.54) is 28.3 Å². The number of nitrogens with zero attached hydrogens (tertiary/aromatic N) is 3. The second-order valence-electron chi connectivity index (χ2n) is 6.19. The lowest BCUT2D eigenvalue weighted by atomic mass is 10.1. The number of hydrogen-bond donors (Lipinski definition) is 0. The van der Waals surface area contributed by atoms with Crippen LogP contribution in [-0.2, 0) is 14.8 Å². The Bertz CT molecular complexity index is 775. The van der Waals surface area contributed by atoms with Crippen molar-refractivity contribution in [3.63, 3.8) is 0 Å². The van der Waals surface area contributed by atoms with Crippen molar-refractivity contribution in [2.45, 2.75) is 38.8 Å². The smallest absolute Gasteiger partial charge is 0.273 e. The van der Waals surface area contributed by atoms with Crippen molar-refractivity contribution >= 4 is 21.6 Å². The van der Waals surface area contributed by atoms with Crippen molar-refractivity contribution in [1.29, 1.82) is 0 Å². The van der Waals surface area contributed by atoms with E-state index in [0.29, 0.717) is 12.1 Å². The third-order valence-electron chi connectivity index (χ3n) is 4.16. The average molecular weight is 355 g/mol. The summed E-state index contributed by atoms with van der Waals surface area (Å²) in [6.45, 7) is 7.12. The van der Waals surface area contributed by atoms with Crippen LogP contribution in [0.3, 0.4) is 0 Å². The molecule has 0 aromatic heterocycles. The summed E-state index contributed by atoms with van der Waals surface area (Å²) in [5, 5.41) is 11.1. The molecule has 0 bridgehead atoms. The van der Waals surface area contributed by atoms with Crippen molar-refractivity contribution < 1.29 is 18.1 Å². The molecule has 1 atom stereocenters. The number of aryl methyl sites for hydroxylation is 1. The van der Waals surface area contributed by atoms with Gasteiger partial charge in [-0.2, -0.15) is 4.31 Å². The van der Waals surface area contributed by atoms with Gasteiger partial charge in [0.05, 0.1) is 9.82 Å². The van der Waals surface area contributed by atoms with Crippen molar-refractivity contribution in [1.82, 2.24) is 9.21 Å². The number of sulfonamides is 1. The maximum Gasteiger partial charge on any atom is 0.273 e. The lowest BCUT2D eigenvalue weighted by Gasteiger charge is -2.32. The lowest BCUT2D eigenvalue weighted by molar-refractivity contribution is -0.385. The average Bonchev–Trinajstić information content (AvgIpc) is 2.93. The first kappa shape index (κ1) is 18.3. The van der Waals surface area contributed by atoms with Gasteiger partial charge in [-0.25, -0.2) is 8.42 Å². The lowest BCUT2D eigenvalue weighted by Crippen LogP contribution is -2.47. The Labute approximate surface area is 141 Å². The van der Waals surface area contributed by atoms with Crippen LogP contribution in [0, 0.1) is 23.0 Å². The Hall–Kier alpha value is -2.00. The van der Waals surface area contributed by atoms with E-state index in [1.54, 1.807) is 6.92 Å². The number of carbonyl (C=O) groups excluding carboxylic acids is 1. The van der Waals surface area contributed by atoms with E-state index in [-0.39, 0.29) is 29.0 Å². The molecule has 132 valence electrons. The normalized spacial score (nSPS) is 19.0. The summed E-state index contributed by atoms with van der Waals surface area (Å²) >= 11 is 0. The summed E-state index contributed by atoms with van der Waals surface area (Å²) in [5.74, 6) is -0.298. The Morgan fingerprint density at radius 2 is 1.96 bits per heavy atom. The van der Waals surface area contributed by atoms with Gasteiger partial charge in [0.2, 0.25) is 15.9 Å². The highest BCUT2D eigenvalue weighted by atomic mass is 32.2. The molecule has 1 aromatic carbocycles. The molecule has 1 saturated heterocycles. The first-order valence-corrected chi connectivity index (χ1v) is 9.05. The number of carbonyl (C=O) groups is 1. The molecule has 0 aliphatic carbocycles. The predicted octanol–water partition coefficient (Wildman–Crippen LogP) is 1.74. The number of nitro benzene ring substituents is 1. The molecule has 0 spiro atoms. The molecule has 1 heterocycles. The Morgan fingerprint density at radius 3 is 2.46 bits per heavy atom. The van der Waals surface area contributed by atoms with E-state index < -0.39 is 21.1 Å². The number of benzene rings is 1. The Kier molecular flexibility index (Phi) is 4.95. The van der Waals surface area contributed by atoms with Crippen molar-refractivity contribution in [3.8, 4) is 0 Å². The van der Waals surface area contributed by atoms with Gasteiger partial charge in [0.15, 0.2) is 0 Å². The van der Waals surface area contributed by atoms with Crippen LogP contribution in [-0.4, -0.2) is 47.7 Å². The van der Waals surface area contributed by atoms with E-state index in [0.717, 1.165) is 6.07 Å².